The molecule has 1 aliphatic heterocycles. The van der Waals surface area contributed by atoms with E-state index in [1.807, 2.05) is 67.3 Å². The number of nitrogens with one attached hydrogen (secondary N) is 2. The van der Waals surface area contributed by atoms with Crippen LogP contribution in [0.5, 0.6) is 5.75 Å². The van der Waals surface area contributed by atoms with Crippen LogP contribution in [-0.4, -0.2) is 47.0 Å². The normalized spacial score (nSPS) is 15.7. The van der Waals surface area contributed by atoms with Crippen molar-refractivity contribution in [2.45, 2.75) is 52.7 Å². The smallest absolute Gasteiger partial charge is 0.254 e. The van der Waals surface area contributed by atoms with E-state index in [4.69, 9.17) is 10.7 Å². The highest BCUT2D eigenvalue weighted by Gasteiger charge is 2.36. The van der Waals surface area contributed by atoms with Crippen molar-refractivity contribution in [2.24, 2.45) is 16.6 Å². The number of rotatable bonds is 10. The Kier molecular flexibility index (Phi) is 8.81. The molecule has 5 N–H and O–H groups in total. The number of phenols is 1. The summed E-state index contributed by atoms with van der Waals surface area (Å²) in [5.41, 5.74) is 18.0. The number of nitrogens with two attached hydrogens (primary N) is 1. The summed E-state index contributed by atoms with van der Waals surface area (Å²) >= 11 is 0. The third kappa shape index (κ3) is 6.23. The molecule has 4 rings (SSSR count). The number of phenolic OH excluding ortho intramolecular Hbond substituents is 1. The van der Waals surface area contributed by atoms with Gasteiger partial charge in [-0.1, -0.05) is 61.9 Å². The Balaban J connectivity index is 1.64. The minimum absolute atomic E-state index is 0.0199. The van der Waals surface area contributed by atoms with Crippen LogP contribution >= 0.6 is 0 Å². The molecular weight excluding hydrogens is 474 g/mol. The third-order valence-corrected chi connectivity index (χ3v) is 7.05. The molecule has 3 aromatic carbocycles. The molecule has 0 fully saturated rings. The molecular formula is C31H39N5O2. The molecule has 0 aliphatic carbocycles. The number of hydrogen-bond donors (Lipinski definition) is 4. The van der Waals surface area contributed by atoms with Gasteiger partial charge in [0.2, 0.25) is 0 Å². The molecule has 0 saturated carbocycles. The summed E-state index contributed by atoms with van der Waals surface area (Å²) in [4.78, 5) is 20.6. The Hall–Kier alpha value is -3.68. The fourth-order valence-corrected chi connectivity index (χ4v) is 5.00. The van der Waals surface area contributed by atoms with E-state index in [9.17, 15) is 9.90 Å². The van der Waals surface area contributed by atoms with Crippen LogP contribution in [0.15, 0.2) is 71.7 Å². The lowest BCUT2D eigenvalue weighted by atomic mass is 9.97. The van der Waals surface area contributed by atoms with Crippen molar-refractivity contribution >= 4 is 11.7 Å². The Bertz CT molecular complexity index is 1270. The van der Waals surface area contributed by atoms with Crippen molar-refractivity contribution in [1.29, 1.82) is 0 Å². The van der Waals surface area contributed by atoms with Gasteiger partial charge in [-0.05, 0) is 73.7 Å². The first-order valence-electron chi connectivity index (χ1n) is 13.3. The second-order valence-corrected chi connectivity index (χ2v) is 10.4. The van der Waals surface area contributed by atoms with Crippen LogP contribution in [0.1, 0.15) is 58.4 Å². The van der Waals surface area contributed by atoms with Crippen LogP contribution in [0.4, 0.5) is 0 Å². The predicted octanol–water partition coefficient (Wildman–Crippen LogP) is 4.30. The van der Waals surface area contributed by atoms with Gasteiger partial charge in [-0.15, -0.1) is 0 Å². The van der Waals surface area contributed by atoms with E-state index < -0.39 is 0 Å². The van der Waals surface area contributed by atoms with Crippen molar-refractivity contribution in [2.75, 3.05) is 13.1 Å². The van der Waals surface area contributed by atoms with E-state index in [-0.39, 0.29) is 29.8 Å². The summed E-state index contributed by atoms with van der Waals surface area (Å²) in [6.45, 7) is 9.26. The van der Waals surface area contributed by atoms with Crippen LogP contribution in [0.25, 0.3) is 0 Å². The highest BCUT2D eigenvalue weighted by molar-refractivity contribution is 6.01. The van der Waals surface area contributed by atoms with Gasteiger partial charge in [-0.3, -0.25) is 4.79 Å². The Morgan fingerprint density at radius 2 is 1.79 bits per heavy atom. The van der Waals surface area contributed by atoms with Gasteiger partial charge in [-0.25, -0.2) is 10.4 Å². The summed E-state index contributed by atoms with van der Waals surface area (Å²) in [5.74, 6) is 1.09. The Morgan fingerprint density at radius 3 is 2.45 bits per heavy atom. The number of aryl methyl sites for hydroxylation is 2. The topological polar surface area (TPSA) is 103 Å². The van der Waals surface area contributed by atoms with Crippen molar-refractivity contribution in [3.05, 3.63) is 100 Å². The van der Waals surface area contributed by atoms with Crippen molar-refractivity contribution in [3.8, 4) is 5.75 Å². The number of carbonyl (C=O) groups is 1. The number of nitrogens with zero attached hydrogens (tertiary/aromatic N) is 2. The number of amides is 1. The van der Waals surface area contributed by atoms with E-state index >= 15 is 0 Å². The molecule has 2 atom stereocenters. The number of aromatic hydroxyl groups is 1. The lowest BCUT2D eigenvalue weighted by Gasteiger charge is -2.37. The summed E-state index contributed by atoms with van der Waals surface area (Å²) in [7, 11) is 0. The SMILES string of the molecule is Cc1ccc(C(=O)N(CCCN)C(C(C)C)C2N=C(c3cc(Cc4ccccc4)c(O)cc3C)NN2)cc1. The average Bonchev–Trinajstić information content (AvgIpc) is 3.37. The van der Waals surface area contributed by atoms with E-state index in [1.165, 1.54) is 0 Å². The maximum absolute atomic E-state index is 13.7. The molecule has 7 nitrogen and oxygen atoms in total. The van der Waals surface area contributed by atoms with Gasteiger partial charge in [0.05, 0.1) is 6.04 Å². The van der Waals surface area contributed by atoms with Gasteiger partial charge in [0, 0.05) is 24.1 Å². The molecule has 0 saturated heterocycles. The summed E-state index contributed by atoms with van der Waals surface area (Å²) in [6.07, 6.45) is 0.983. The van der Waals surface area contributed by atoms with Crippen molar-refractivity contribution in [3.63, 3.8) is 0 Å². The minimum Gasteiger partial charge on any atom is -0.508 e. The van der Waals surface area contributed by atoms with Gasteiger partial charge in [0.15, 0.2) is 0 Å². The largest absolute Gasteiger partial charge is 0.508 e. The highest BCUT2D eigenvalue weighted by Crippen LogP contribution is 2.27. The fraction of sp³-hybridized carbons (Fsp3) is 0.355. The van der Waals surface area contributed by atoms with Gasteiger partial charge < -0.3 is 21.2 Å². The van der Waals surface area contributed by atoms with Crippen LogP contribution in [-0.2, 0) is 6.42 Å². The zero-order chi connectivity index (χ0) is 27.2. The van der Waals surface area contributed by atoms with Crippen LogP contribution < -0.4 is 16.6 Å². The first-order valence-corrected chi connectivity index (χ1v) is 13.3. The summed E-state index contributed by atoms with van der Waals surface area (Å²) in [5, 5.41) is 10.6. The maximum atomic E-state index is 13.7. The molecule has 1 amide bonds. The van der Waals surface area contributed by atoms with E-state index in [0.717, 1.165) is 27.8 Å². The number of benzene rings is 3. The number of amidine groups is 1. The number of hydrazine groups is 1. The first kappa shape index (κ1) is 27.4. The molecule has 2 unspecified atom stereocenters. The van der Waals surface area contributed by atoms with Gasteiger partial charge >= 0.3 is 0 Å². The predicted molar refractivity (Wildman–Crippen MR) is 153 cm³/mol. The Morgan fingerprint density at radius 1 is 1.08 bits per heavy atom. The average molecular weight is 514 g/mol. The molecule has 0 bridgehead atoms. The summed E-state index contributed by atoms with van der Waals surface area (Å²) < 4.78 is 0. The minimum atomic E-state index is -0.344. The Labute approximate surface area is 225 Å². The second kappa shape index (κ2) is 12.2. The molecule has 3 aromatic rings. The molecule has 1 aliphatic rings. The zero-order valence-corrected chi connectivity index (χ0v) is 22.7. The fourth-order valence-electron chi connectivity index (χ4n) is 5.00. The monoisotopic (exact) mass is 513 g/mol. The number of aliphatic imine (C=N–C) groups is 1. The lowest BCUT2D eigenvalue weighted by molar-refractivity contribution is 0.0566. The van der Waals surface area contributed by atoms with Crippen molar-refractivity contribution < 1.29 is 9.90 Å². The zero-order valence-electron chi connectivity index (χ0n) is 22.7. The van der Waals surface area contributed by atoms with Gasteiger partial charge in [0.25, 0.3) is 5.91 Å². The lowest BCUT2D eigenvalue weighted by Crippen LogP contribution is -2.55. The third-order valence-electron chi connectivity index (χ3n) is 7.05. The van der Waals surface area contributed by atoms with Crippen LogP contribution in [0.3, 0.4) is 0 Å². The molecule has 0 spiro atoms. The molecule has 1 heterocycles. The van der Waals surface area contributed by atoms with E-state index in [0.29, 0.717) is 37.3 Å². The summed E-state index contributed by atoms with van der Waals surface area (Å²) in [6, 6.07) is 21.4. The second-order valence-electron chi connectivity index (χ2n) is 10.4. The quantitative estimate of drug-likeness (QED) is 0.324. The number of hydrogen-bond acceptors (Lipinski definition) is 6. The van der Waals surface area contributed by atoms with E-state index in [2.05, 4.69) is 36.8 Å². The first-order chi connectivity index (χ1) is 18.3. The van der Waals surface area contributed by atoms with Crippen molar-refractivity contribution in [1.82, 2.24) is 15.8 Å². The van der Waals surface area contributed by atoms with E-state index in [1.54, 1.807) is 6.07 Å². The van der Waals surface area contributed by atoms with Crippen LogP contribution in [0.2, 0.25) is 0 Å². The van der Waals surface area contributed by atoms with Gasteiger partial charge in [0.1, 0.15) is 17.8 Å². The molecule has 0 radical (unpaired) electrons. The van der Waals surface area contributed by atoms with Gasteiger partial charge in [-0.2, -0.15) is 0 Å². The highest BCUT2D eigenvalue weighted by atomic mass is 16.3. The molecule has 38 heavy (non-hydrogen) atoms. The maximum Gasteiger partial charge on any atom is 0.254 e. The molecule has 200 valence electrons. The number of carbonyl (C=O) groups excluding carboxylic acids is 1. The van der Waals surface area contributed by atoms with Crippen LogP contribution in [0, 0.1) is 19.8 Å². The molecule has 0 aromatic heterocycles. The molecule has 7 heteroatoms. The standard InChI is InChI=1S/C31H39N5O2/c1-20(2)28(36(16-8-15-32)31(38)24-13-11-21(3)12-14-24)30-33-29(34-35-30)26-19-25(27(37)17-22(26)4)18-23-9-6-5-7-10-23/h5-7,9-14,17,19-20,28,30,35,37H,8,15-16,18,32H2,1-4H3,(H,33,34).